The van der Waals surface area contributed by atoms with Gasteiger partial charge in [-0.1, -0.05) is 37.4 Å². The van der Waals surface area contributed by atoms with Crippen LogP contribution in [-0.4, -0.2) is 25.2 Å². The maximum absolute atomic E-state index is 12.3. The molecule has 0 aromatic heterocycles. The third kappa shape index (κ3) is 3.74. The van der Waals surface area contributed by atoms with E-state index in [0.29, 0.717) is 0 Å². The predicted octanol–water partition coefficient (Wildman–Crippen LogP) is 3.16. The van der Waals surface area contributed by atoms with Gasteiger partial charge in [-0.15, -0.1) is 6.42 Å². The highest BCUT2D eigenvalue weighted by Gasteiger charge is 2.60. The van der Waals surface area contributed by atoms with Gasteiger partial charge >= 0.3 is 6.18 Å². The molecule has 19 heavy (non-hydrogen) atoms. The van der Waals surface area contributed by atoms with Gasteiger partial charge in [0, 0.05) is 5.92 Å². The molecule has 0 unspecified atom stereocenters. The minimum atomic E-state index is -4.58. The number of carbonyl (C=O) groups excluding carboxylic acids is 1. The number of rotatable bonds is 5. The molecule has 0 aromatic carbocycles. The quantitative estimate of drug-likeness (QED) is 0.575. The highest BCUT2D eigenvalue weighted by atomic mass is 35.5. The highest BCUT2D eigenvalue weighted by Crippen LogP contribution is 2.60. The Morgan fingerprint density at radius 3 is 2.58 bits per heavy atom. The largest absolute Gasteiger partial charge is 0.426 e. The summed E-state index contributed by atoms with van der Waals surface area (Å²) in [5.74, 6) is 0.917. The van der Waals surface area contributed by atoms with Crippen LogP contribution in [0.1, 0.15) is 13.8 Å². The zero-order valence-corrected chi connectivity index (χ0v) is 11.3. The van der Waals surface area contributed by atoms with Crippen molar-refractivity contribution in [3.8, 4) is 12.3 Å². The number of Topliss-reactive ketones (excluding diaryl/α,β-unsaturated/α-hetero) is 1. The van der Waals surface area contributed by atoms with Gasteiger partial charge in [0.1, 0.15) is 18.2 Å². The molecule has 2 nitrogen and oxygen atoms in total. The molecule has 0 heterocycles. The van der Waals surface area contributed by atoms with Crippen LogP contribution in [0.25, 0.3) is 0 Å². The highest BCUT2D eigenvalue weighted by molar-refractivity contribution is 6.30. The minimum Gasteiger partial charge on any atom is -0.361 e. The second-order valence-corrected chi connectivity index (χ2v) is 5.41. The molecule has 1 saturated carbocycles. The second kappa shape index (κ2) is 5.56. The number of allylic oxidation sites excluding steroid dienone is 2. The Morgan fingerprint density at radius 2 is 2.11 bits per heavy atom. The van der Waals surface area contributed by atoms with Gasteiger partial charge in [-0.2, -0.15) is 13.2 Å². The summed E-state index contributed by atoms with van der Waals surface area (Å²) < 4.78 is 41.9. The first kappa shape index (κ1) is 16.1. The molecule has 0 radical (unpaired) electrons. The van der Waals surface area contributed by atoms with Gasteiger partial charge < -0.3 is 4.74 Å². The molecule has 1 aliphatic rings. The molecule has 0 spiro atoms. The van der Waals surface area contributed by atoms with E-state index in [0.717, 1.165) is 6.08 Å². The molecule has 6 heteroatoms. The first-order valence-electron chi connectivity index (χ1n) is 5.60. The van der Waals surface area contributed by atoms with Crippen LogP contribution in [0.2, 0.25) is 0 Å². The van der Waals surface area contributed by atoms with Crippen LogP contribution in [0.15, 0.2) is 11.1 Å². The van der Waals surface area contributed by atoms with E-state index in [1.54, 1.807) is 13.8 Å². The van der Waals surface area contributed by atoms with Gasteiger partial charge in [0.05, 0.1) is 0 Å². The summed E-state index contributed by atoms with van der Waals surface area (Å²) in [5.41, 5.74) is -0.540. The molecule has 0 aromatic rings. The molecule has 0 N–H and O–H groups in total. The molecule has 1 rings (SSSR count). The van der Waals surface area contributed by atoms with Crippen molar-refractivity contribution in [2.24, 2.45) is 17.3 Å². The number of ether oxygens (including phenoxy) is 1. The summed E-state index contributed by atoms with van der Waals surface area (Å²) in [6, 6.07) is 0. The molecule has 0 bridgehead atoms. The summed E-state index contributed by atoms with van der Waals surface area (Å²) in [5, 5.41) is -1.19. The van der Waals surface area contributed by atoms with Crippen molar-refractivity contribution in [3.63, 3.8) is 0 Å². The number of hydrogen-bond donors (Lipinski definition) is 0. The third-order valence-electron chi connectivity index (χ3n) is 3.28. The lowest BCUT2D eigenvalue weighted by Gasteiger charge is -2.04. The van der Waals surface area contributed by atoms with E-state index in [1.165, 1.54) is 0 Å². The fourth-order valence-corrected chi connectivity index (χ4v) is 2.29. The standard InChI is InChI=1S/C13H14ClF3O2/c1-4-5-19-7-9(18)11-8(12(11,2)3)6-10(14)13(15,16)17/h1,6,8,11H,5,7H2,2-3H3/b10-6+/t8-,11-/m1/s1. The van der Waals surface area contributed by atoms with Crippen LogP contribution in [0.4, 0.5) is 13.2 Å². The summed E-state index contributed by atoms with van der Waals surface area (Å²) in [7, 11) is 0. The topological polar surface area (TPSA) is 26.3 Å². The minimum absolute atomic E-state index is 0.00268. The summed E-state index contributed by atoms with van der Waals surface area (Å²) >= 11 is 5.18. The van der Waals surface area contributed by atoms with Crippen LogP contribution in [0.5, 0.6) is 0 Å². The fourth-order valence-electron chi connectivity index (χ4n) is 2.16. The van der Waals surface area contributed by atoms with Crippen LogP contribution in [0, 0.1) is 29.6 Å². The van der Waals surface area contributed by atoms with Gasteiger partial charge in [0.2, 0.25) is 0 Å². The Morgan fingerprint density at radius 1 is 1.53 bits per heavy atom. The molecule has 1 aliphatic carbocycles. The van der Waals surface area contributed by atoms with Crippen LogP contribution in [0.3, 0.4) is 0 Å². The predicted molar refractivity (Wildman–Crippen MR) is 65.4 cm³/mol. The molecular formula is C13H14ClF3O2. The molecule has 0 amide bonds. The number of hydrogen-bond acceptors (Lipinski definition) is 2. The van der Waals surface area contributed by atoms with Crippen molar-refractivity contribution in [1.29, 1.82) is 0 Å². The monoisotopic (exact) mass is 294 g/mol. The van der Waals surface area contributed by atoms with Gasteiger partial charge in [-0.3, -0.25) is 4.79 Å². The Bertz CT molecular complexity index is 432. The van der Waals surface area contributed by atoms with Crippen molar-refractivity contribution in [3.05, 3.63) is 11.1 Å². The van der Waals surface area contributed by atoms with Crippen LogP contribution < -0.4 is 0 Å². The van der Waals surface area contributed by atoms with E-state index in [1.807, 2.05) is 0 Å². The van der Waals surface area contributed by atoms with Crippen molar-refractivity contribution in [1.82, 2.24) is 0 Å². The van der Waals surface area contributed by atoms with Crippen molar-refractivity contribution < 1.29 is 22.7 Å². The molecule has 1 fully saturated rings. The number of ketones is 1. The lowest BCUT2D eigenvalue weighted by molar-refractivity contribution is -0.125. The van der Waals surface area contributed by atoms with Gasteiger partial charge in [0.25, 0.3) is 0 Å². The van der Waals surface area contributed by atoms with E-state index in [-0.39, 0.29) is 19.0 Å². The van der Waals surface area contributed by atoms with Gasteiger partial charge in [0.15, 0.2) is 5.78 Å². The van der Waals surface area contributed by atoms with E-state index < -0.39 is 28.5 Å². The number of carbonyl (C=O) groups is 1. The van der Waals surface area contributed by atoms with Crippen molar-refractivity contribution in [2.75, 3.05) is 13.2 Å². The Hall–Kier alpha value is -0.990. The Balaban J connectivity index is 2.69. The van der Waals surface area contributed by atoms with E-state index in [4.69, 9.17) is 22.8 Å². The molecule has 0 aliphatic heterocycles. The molecule has 2 atom stereocenters. The number of alkyl halides is 3. The zero-order chi connectivity index (χ0) is 14.8. The summed E-state index contributed by atoms with van der Waals surface area (Å²) in [6.07, 6.45) is 1.29. The number of halogens is 4. The summed E-state index contributed by atoms with van der Waals surface area (Å²) in [6.45, 7) is 3.26. The number of terminal acetylenes is 1. The Kier molecular flexibility index (Phi) is 4.70. The lowest BCUT2D eigenvalue weighted by atomic mass is 10.1. The normalized spacial score (nSPS) is 25.8. The summed E-state index contributed by atoms with van der Waals surface area (Å²) in [4.78, 5) is 11.8. The van der Waals surface area contributed by atoms with Crippen molar-refractivity contribution >= 4 is 17.4 Å². The van der Waals surface area contributed by atoms with Gasteiger partial charge in [-0.25, -0.2) is 0 Å². The maximum Gasteiger partial charge on any atom is 0.426 e. The van der Waals surface area contributed by atoms with Crippen LogP contribution >= 0.6 is 11.6 Å². The van der Waals surface area contributed by atoms with Crippen LogP contribution in [-0.2, 0) is 9.53 Å². The molecule has 0 saturated heterocycles. The SMILES string of the molecule is C#CCOCC(=O)[C@H]1[C@@H](/C=C(/Cl)C(F)(F)F)C1(C)C. The van der Waals surface area contributed by atoms with Crippen molar-refractivity contribution in [2.45, 2.75) is 20.0 Å². The zero-order valence-electron chi connectivity index (χ0n) is 10.6. The molecule has 106 valence electrons. The third-order valence-corrected chi connectivity index (χ3v) is 3.62. The maximum atomic E-state index is 12.3. The van der Waals surface area contributed by atoms with Gasteiger partial charge in [-0.05, 0) is 11.3 Å². The average Bonchev–Trinajstić information content (AvgIpc) is 2.79. The second-order valence-electron chi connectivity index (χ2n) is 5.00. The smallest absolute Gasteiger partial charge is 0.361 e. The molecular weight excluding hydrogens is 281 g/mol. The Labute approximate surface area is 114 Å². The average molecular weight is 295 g/mol. The van der Waals surface area contributed by atoms with E-state index >= 15 is 0 Å². The lowest BCUT2D eigenvalue weighted by Crippen LogP contribution is -2.14. The first-order chi connectivity index (χ1) is 8.62. The van der Waals surface area contributed by atoms with E-state index in [9.17, 15) is 18.0 Å². The van der Waals surface area contributed by atoms with E-state index in [2.05, 4.69) is 5.92 Å². The first-order valence-corrected chi connectivity index (χ1v) is 5.98. The fraction of sp³-hybridized carbons (Fsp3) is 0.615.